The van der Waals surface area contributed by atoms with Crippen LogP contribution in [-0.2, 0) is 0 Å². The van der Waals surface area contributed by atoms with Crippen molar-refractivity contribution in [3.05, 3.63) is 23.9 Å². The number of halogens is 3. The zero-order valence-electron chi connectivity index (χ0n) is 7.74. The molecule has 4 N–H and O–H groups in total. The monoisotopic (exact) mass is 271 g/mol. The first-order valence-corrected chi connectivity index (χ1v) is 4.00. The van der Waals surface area contributed by atoms with E-state index >= 15 is 0 Å². The van der Waals surface area contributed by atoms with Crippen LogP contribution in [0, 0.1) is 0 Å². The fourth-order valence-electron chi connectivity index (χ4n) is 0.791. The topological polar surface area (TPSA) is 75.9 Å². The van der Waals surface area contributed by atoms with Gasteiger partial charge in [-0.2, -0.15) is 0 Å². The second kappa shape index (κ2) is 8.55. The van der Waals surface area contributed by atoms with Crippen molar-refractivity contribution in [1.29, 1.82) is 0 Å². The largest absolute Gasteiger partial charge is 0.378 e. The Morgan fingerprint density at radius 1 is 1.47 bits per heavy atom. The molecule has 0 saturated heterocycles. The zero-order valence-corrected chi connectivity index (χ0v) is 10.1. The molecule has 5 nitrogen and oxygen atoms in total. The summed E-state index contributed by atoms with van der Waals surface area (Å²) < 4.78 is 0. The molecule has 0 aromatic carbocycles. The maximum atomic E-state index is 5.64. The van der Waals surface area contributed by atoms with Crippen molar-refractivity contribution in [2.75, 3.05) is 17.3 Å². The highest BCUT2D eigenvalue weighted by Gasteiger charge is 2.02. The van der Waals surface area contributed by atoms with Gasteiger partial charge < -0.3 is 10.7 Å². The summed E-state index contributed by atoms with van der Waals surface area (Å²) in [4.78, 5) is 0. The van der Waals surface area contributed by atoms with E-state index < -0.39 is 0 Å². The van der Waals surface area contributed by atoms with Crippen molar-refractivity contribution in [2.45, 2.75) is 0 Å². The number of nitrogens with two attached hydrogens (primary N) is 1. The standard InChI is InChI=1S/C7H10ClN5.2ClH/c1-2-3-10-5-4-6(8)12-13-7(5)11-9;;/h2,4H,1,3,9H2,(H,10,12)(H,11,13);2*1H. The average Bonchev–Trinajstić information content (AvgIpc) is 2.15. The van der Waals surface area contributed by atoms with Crippen molar-refractivity contribution in [3.8, 4) is 0 Å². The molecule has 0 aliphatic rings. The van der Waals surface area contributed by atoms with E-state index in [2.05, 4.69) is 27.5 Å². The fraction of sp³-hybridized carbons (Fsp3) is 0.143. The maximum Gasteiger partial charge on any atom is 0.186 e. The second-order valence-electron chi connectivity index (χ2n) is 2.24. The van der Waals surface area contributed by atoms with Gasteiger partial charge in [-0.1, -0.05) is 17.7 Å². The molecular weight excluding hydrogens is 260 g/mol. The number of hydrogen-bond donors (Lipinski definition) is 3. The predicted octanol–water partition coefficient (Wildman–Crippen LogP) is 1.86. The molecule has 0 saturated carbocycles. The fourth-order valence-corrected chi connectivity index (χ4v) is 0.938. The van der Waals surface area contributed by atoms with Crippen LogP contribution in [0.4, 0.5) is 11.5 Å². The molecule has 1 rings (SSSR count). The van der Waals surface area contributed by atoms with Gasteiger partial charge in [0.05, 0.1) is 5.69 Å². The number of hydrogen-bond acceptors (Lipinski definition) is 5. The summed E-state index contributed by atoms with van der Waals surface area (Å²) >= 11 is 5.64. The molecule has 0 amide bonds. The van der Waals surface area contributed by atoms with Gasteiger partial charge in [0.1, 0.15) is 0 Å². The van der Waals surface area contributed by atoms with Gasteiger partial charge in [0, 0.05) is 12.6 Å². The molecule has 0 unspecified atom stereocenters. The molecule has 0 radical (unpaired) electrons. The normalized spacial score (nSPS) is 8.13. The molecule has 1 heterocycles. The summed E-state index contributed by atoms with van der Waals surface area (Å²) in [5, 5.41) is 10.7. The third-order valence-corrected chi connectivity index (χ3v) is 1.52. The lowest BCUT2D eigenvalue weighted by Crippen LogP contribution is -2.12. The smallest absolute Gasteiger partial charge is 0.186 e. The first kappa shape index (κ1) is 16.7. The van der Waals surface area contributed by atoms with E-state index in [0.29, 0.717) is 23.2 Å². The highest BCUT2D eigenvalue weighted by atomic mass is 35.5. The number of rotatable bonds is 4. The van der Waals surface area contributed by atoms with E-state index in [4.69, 9.17) is 17.4 Å². The number of nitrogen functional groups attached to an aromatic ring is 1. The average molecular weight is 273 g/mol. The molecule has 0 atom stereocenters. The lowest BCUT2D eigenvalue weighted by Gasteiger charge is -2.07. The van der Waals surface area contributed by atoms with Crippen molar-refractivity contribution < 1.29 is 0 Å². The van der Waals surface area contributed by atoms with Gasteiger partial charge in [-0.05, 0) is 0 Å². The van der Waals surface area contributed by atoms with Crippen molar-refractivity contribution >= 4 is 47.9 Å². The number of nitrogens with zero attached hydrogens (tertiary/aromatic N) is 2. The quantitative estimate of drug-likeness (QED) is 0.443. The van der Waals surface area contributed by atoms with Crippen molar-refractivity contribution in [3.63, 3.8) is 0 Å². The molecule has 0 aliphatic heterocycles. The molecule has 15 heavy (non-hydrogen) atoms. The molecule has 0 spiro atoms. The first-order valence-electron chi connectivity index (χ1n) is 3.62. The summed E-state index contributed by atoms with van der Waals surface area (Å²) in [5.41, 5.74) is 3.10. The predicted molar refractivity (Wildman–Crippen MR) is 68.0 cm³/mol. The van der Waals surface area contributed by atoms with Crippen LogP contribution in [0.15, 0.2) is 18.7 Å². The van der Waals surface area contributed by atoms with Gasteiger partial charge in [-0.25, -0.2) is 5.84 Å². The lowest BCUT2D eigenvalue weighted by atomic mass is 10.4. The minimum atomic E-state index is 0. The van der Waals surface area contributed by atoms with Crippen LogP contribution in [0.1, 0.15) is 0 Å². The third kappa shape index (κ3) is 5.03. The molecule has 0 bridgehead atoms. The Kier molecular flexibility index (Phi) is 9.50. The van der Waals surface area contributed by atoms with Gasteiger partial charge in [0.25, 0.3) is 0 Å². The Labute approximate surface area is 105 Å². The van der Waals surface area contributed by atoms with Crippen LogP contribution in [0.2, 0.25) is 5.15 Å². The Morgan fingerprint density at radius 2 is 2.13 bits per heavy atom. The number of aromatic nitrogens is 2. The highest BCUT2D eigenvalue weighted by Crippen LogP contribution is 2.19. The summed E-state index contributed by atoms with van der Waals surface area (Å²) in [5.74, 6) is 5.66. The molecule has 0 fully saturated rings. The van der Waals surface area contributed by atoms with Crippen LogP contribution in [0.3, 0.4) is 0 Å². The number of hydrazine groups is 1. The molecule has 1 aromatic rings. The maximum absolute atomic E-state index is 5.64. The first-order chi connectivity index (χ1) is 6.27. The van der Waals surface area contributed by atoms with Gasteiger partial charge in [-0.3, -0.25) is 0 Å². The molecule has 1 aromatic heterocycles. The van der Waals surface area contributed by atoms with Crippen LogP contribution in [0.5, 0.6) is 0 Å². The second-order valence-corrected chi connectivity index (χ2v) is 2.63. The summed E-state index contributed by atoms with van der Waals surface area (Å²) in [6.45, 7) is 4.18. The summed E-state index contributed by atoms with van der Waals surface area (Å²) in [6, 6.07) is 1.63. The molecule has 86 valence electrons. The minimum Gasteiger partial charge on any atom is -0.378 e. The van der Waals surface area contributed by atoms with E-state index in [1.54, 1.807) is 12.1 Å². The minimum absolute atomic E-state index is 0. The van der Waals surface area contributed by atoms with E-state index in [9.17, 15) is 0 Å². The van der Waals surface area contributed by atoms with E-state index in [-0.39, 0.29) is 24.8 Å². The van der Waals surface area contributed by atoms with Crippen LogP contribution in [0.25, 0.3) is 0 Å². The van der Waals surface area contributed by atoms with Gasteiger partial charge in [-0.15, -0.1) is 41.6 Å². The van der Waals surface area contributed by atoms with E-state index in [1.165, 1.54) is 0 Å². The van der Waals surface area contributed by atoms with Gasteiger partial charge in [0.2, 0.25) is 0 Å². The Hall–Kier alpha value is -0.750. The Balaban J connectivity index is 0. The van der Waals surface area contributed by atoms with E-state index in [1.807, 2.05) is 0 Å². The Bertz CT molecular complexity index is 307. The number of nitrogens with one attached hydrogen (secondary N) is 2. The Morgan fingerprint density at radius 3 is 2.67 bits per heavy atom. The third-order valence-electron chi connectivity index (χ3n) is 1.34. The van der Waals surface area contributed by atoms with Crippen LogP contribution in [-0.4, -0.2) is 16.7 Å². The summed E-state index contributed by atoms with van der Waals surface area (Å²) in [7, 11) is 0. The van der Waals surface area contributed by atoms with Gasteiger partial charge >= 0.3 is 0 Å². The zero-order chi connectivity index (χ0) is 9.68. The lowest BCUT2D eigenvalue weighted by molar-refractivity contribution is 1.02. The van der Waals surface area contributed by atoms with Crippen LogP contribution < -0.4 is 16.6 Å². The van der Waals surface area contributed by atoms with Crippen molar-refractivity contribution in [1.82, 2.24) is 10.2 Å². The number of anilines is 2. The molecule has 0 aliphatic carbocycles. The molecule has 8 heteroatoms. The molecular formula is C7H12Cl3N5. The SMILES string of the molecule is C=CCNc1cc(Cl)nnc1NN.Cl.Cl. The highest BCUT2D eigenvalue weighted by molar-refractivity contribution is 6.29. The van der Waals surface area contributed by atoms with Crippen molar-refractivity contribution in [2.24, 2.45) is 5.84 Å². The summed E-state index contributed by atoms with van der Waals surface area (Å²) in [6.07, 6.45) is 1.72. The van der Waals surface area contributed by atoms with Crippen LogP contribution >= 0.6 is 36.4 Å². The van der Waals surface area contributed by atoms with E-state index in [0.717, 1.165) is 0 Å². The van der Waals surface area contributed by atoms with Gasteiger partial charge in [0.15, 0.2) is 11.0 Å².